The van der Waals surface area contributed by atoms with Crippen LogP contribution in [0.3, 0.4) is 0 Å². The highest BCUT2D eigenvalue weighted by molar-refractivity contribution is 7.92. The van der Waals surface area contributed by atoms with E-state index in [-0.39, 0.29) is 23.9 Å². The normalized spacial score (nSPS) is 12.4. The van der Waals surface area contributed by atoms with E-state index in [1.165, 1.54) is 25.2 Å². The molecule has 0 saturated carbocycles. The number of nitrogens with one attached hydrogen (secondary N) is 1. The molecule has 2 aromatic carbocycles. The number of sulfonamides is 1. The molecule has 2 rings (SSSR count). The number of benzene rings is 2. The van der Waals surface area contributed by atoms with Gasteiger partial charge in [0, 0.05) is 23.2 Å². The molecular weight excluding hydrogens is 518 g/mol. The third kappa shape index (κ3) is 8.26. The number of hydrogen-bond donors (Lipinski definition) is 1. The first-order valence-electron chi connectivity index (χ1n) is 11.8. The zero-order valence-corrected chi connectivity index (χ0v) is 23.9. The maximum absolute atomic E-state index is 13.8. The summed E-state index contributed by atoms with van der Waals surface area (Å²) < 4.78 is 37.4. The molecule has 11 heteroatoms. The lowest BCUT2D eigenvalue weighted by Crippen LogP contribution is -2.55. The molecule has 0 unspecified atom stereocenters. The minimum absolute atomic E-state index is 0.0153. The van der Waals surface area contributed by atoms with Crippen molar-refractivity contribution in [1.82, 2.24) is 10.2 Å². The molecule has 0 aliphatic heterocycles. The predicted octanol–water partition coefficient (Wildman–Crippen LogP) is 3.85. The number of nitrogens with zero attached hydrogens (tertiary/aromatic N) is 2. The van der Waals surface area contributed by atoms with Gasteiger partial charge in [0.1, 0.15) is 24.1 Å². The van der Waals surface area contributed by atoms with E-state index in [1.54, 1.807) is 43.3 Å². The fraction of sp³-hybridized carbons (Fsp3) is 0.462. The number of hydrogen-bond acceptors (Lipinski definition) is 6. The van der Waals surface area contributed by atoms with Crippen molar-refractivity contribution in [2.75, 3.05) is 31.3 Å². The monoisotopic (exact) mass is 553 g/mol. The van der Waals surface area contributed by atoms with Gasteiger partial charge in [0.15, 0.2) is 0 Å². The Kier molecular flexibility index (Phi) is 10.2. The number of ether oxygens (including phenoxy) is 2. The Hall–Kier alpha value is -2.98. The number of rotatable bonds is 11. The zero-order chi connectivity index (χ0) is 28.0. The van der Waals surface area contributed by atoms with Crippen LogP contribution in [0.25, 0.3) is 0 Å². The van der Waals surface area contributed by atoms with Crippen molar-refractivity contribution in [2.24, 2.45) is 0 Å². The van der Waals surface area contributed by atoms with Crippen molar-refractivity contribution in [3.63, 3.8) is 0 Å². The standard InChI is InChI=1S/C26H36ClN3O6S/c1-8-21(25(32)28-26(2,3)4)29(16-18-11-9-10-12-20(18)27)24(31)17-30(37(7,33)34)22-15-19(35-5)13-14-23(22)36-6/h9-15,21H,8,16-17H2,1-7H3,(H,28,32)/t21-/m1/s1. The average molecular weight is 554 g/mol. The van der Waals surface area contributed by atoms with Crippen LogP contribution in [0.15, 0.2) is 42.5 Å². The number of anilines is 1. The van der Waals surface area contributed by atoms with Crippen LogP contribution in [0.2, 0.25) is 5.02 Å². The highest BCUT2D eigenvalue weighted by atomic mass is 35.5. The molecule has 204 valence electrons. The van der Waals surface area contributed by atoms with Crippen LogP contribution in [0.1, 0.15) is 39.7 Å². The molecule has 0 spiro atoms. The first-order chi connectivity index (χ1) is 17.2. The Morgan fingerprint density at radius 3 is 2.24 bits per heavy atom. The molecule has 2 aromatic rings. The number of carbonyl (C=O) groups is 2. The van der Waals surface area contributed by atoms with Gasteiger partial charge in [-0.3, -0.25) is 13.9 Å². The second-order valence-corrected chi connectivity index (χ2v) is 11.9. The smallest absolute Gasteiger partial charge is 0.244 e. The molecule has 0 aliphatic rings. The first-order valence-corrected chi connectivity index (χ1v) is 14.0. The van der Waals surface area contributed by atoms with Crippen molar-refractivity contribution >= 4 is 39.1 Å². The molecule has 0 radical (unpaired) electrons. The van der Waals surface area contributed by atoms with E-state index in [0.29, 0.717) is 22.8 Å². The van der Waals surface area contributed by atoms with Crippen molar-refractivity contribution in [1.29, 1.82) is 0 Å². The average Bonchev–Trinajstić information content (AvgIpc) is 2.81. The Labute approximate surface area is 224 Å². The van der Waals surface area contributed by atoms with E-state index >= 15 is 0 Å². The summed E-state index contributed by atoms with van der Waals surface area (Å²) in [6.45, 7) is 6.78. The summed E-state index contributed by atoms with van der Waals surface area (Å²) in [5.74, 6) is -0.290. The lowest BCUT2D eigenvalue weighted by atomic mass is 10.1. The van der Waals surface area contributed by atoms with E-state index in [2.05, 4.69) is 5.32 Å². The van der Waals surface area contributed by atoms with E-state index in [4.69, 9.17) is 21.1 Å². The molecule has 1 atom stereocenters. The number of methoxy groups -OCH3 is 2. The molecule has 2 amide bonds. The molecule has 0 aromatic heterocycles. The second kappa shape index (κ2) is 12.5. The molecular formula is C26H36ClN3O6S. The molecule has 0 aliphatic carbocycles. The molecule has 0 heterocycles. The SMILES string of the molecule is CC[C@H](C(=O)NC(C)(C)C)N(Cc1ccccc1Cl)C(=O)CN(c1cc(OC)ccc1OC)S(C)(=O)=O. The highest BCUT2D eigenvalue weighted by Crippen LogP contribution is 2.34. The van der Waals surface area contributed by atoms with Crippen molar-refractivity contribution in [3.05, 3.63) is 53.1 Å². The number of carbonyl (C=O) groups excluding carboxylic acids is 2. The Balaban J connectivity index is 2.56. The first kappa shape index (κ1) is 30.2. The van der Waals surface area contributed by atoms with Gasteiger partial charge in [-0.25, -0.2) is 8.42 Å². The summed E-state index contributed by atoms with van der Waals surface area (Å²) in [6.07, 6.45) is 1.31. The van der Waals surface area contributed by atoms with Gasteiger partial charge in [0.2, 0.25) is 21.8 Å². The quantitative estimate of drug-likeness (QED) is 0.453. The van der Waals surface area contributed by atoms with Crippen molar-refractivity contribution < 1.29 is 27.5 Å². The summed E-state index contributed by atoms with van der Waals surface area (Å²) in [6, 6.07) is 10.8. The topological polar surface area (TPSA) is 105 Å². The fourth-order valence-electron chi connectivity index (χ4n) is 3.77. The van der Waals surface area contributed by atoms with E-state index in [1.807, 2.05) is 20.8 Å². The summed E-state index contributed by atoms with van der Waals surface area (Å²) in [5.41, 5.74) is 0.239. The van der Waals surface area contributed by atoms with Gasteiger partial charge in [0.25, 0.3) is 0 Å². The van der Waals surface area contributed by atoms with Gasteiger partial charge in [0.05, 0.1) is 26.2 Å². The highest BCUT2D eigenvalue weighted by Gasteiger charge is 2.34. The summed E-state index contributed by atoms with van der Waals surface area (Å²) >= 11 is 6.38. The number of halogens is 1. The van der Waals surface area contributed by atoms with Crippen LogP contribution in [-0.4, -0.2) is 63.7 Å². The van der Waals surface area contributed by atoms with Gasteiger partial charge in [-0.1, -0.05) is 36.7 Å². The summed E-state index contributed by atoms with van der Waals surface area (Å²) in [7, 11) is -1.09. The van der Waals surface area contributed by atoms with Crippen LogP contribution < -0.4 is 19.1 Å². The predicted molar refractivity (Wildman–Crippen MR) is 146 cm³/mol. The molecule has 0 bridgehead atoms. The van der Waals surface area contributed by atoms with Crippen molar-refractivity contribution in [2.45, 2.75) is 52.2 Å². The van der Waals surface area contributed by atoms with E-state index < -0.39 is 34.1 Å². The van der Waals surface area contributed by atoms with Crippen LogP contribution in [0.5, 0.6) is 11.5 Å². The third-order valence-electron chi connectivity index (χ3n) is 5.52. The molecule has 37 heavy (non-hydrogen) atoms. The third-order valence-corrected chi connectivity index (χ3v) is 7.01. The Morgan fingerprint density at radius 1 is 1.08 bits per heavy atom. The number of amides is 2. The summed E-state index contributed by atoms with van der Waals surface area (Å²) in [5, 5.41) is 3.35. The molecule has 0 saturated heterocycles. The Morgan fingerprint density at radius 2 is 1.73 bits per heavy atom. The second-order valence-electron chi connectivity index (χ2n) is 9.58. The van der Waals surface area contributed by atoms with Crippen LogP contribution in [-0.2, 0) is 26.2 Å². The minimum atomic E-state index is -3.94. The fourth-order valence-corrected chi connectivity index (χ4v) is 4.81. The lowest BCUT2D eigenvalue weighted by molar-refractivity contribution is -0.141. The van der Waals surface area contributed by atoms with Gasteiger partial charge < -0.3 is 19.7 Å². The maximum atomic E-state index is 13.8. The summed E-state index contributed by atoms with van der Waals surface area (Å²) in [4.78, 5) is 28.4. The van der Waals surface area contributed by atoms with Gasteiger partial charge in [-0.05, 0) is 51.0 Å². The molecule has 1 N–H and O–H groups in total. The molecule has 0 fully saturated rings. The van der Waals surface area contributed by atoms with Crippen LogP contribution >= 0.6 is 11.6 Å². The Bertz CT molecular complexity index is 1210. The van der Waals surface area contributed by atoms with E-state index in [9.17, 15) is 18.0 Å². The van der Waals surface area contributed by atoms with Crippen LogP contribution in [0.4, 0.5) is 5.69 Å². The van der Waals surface area contributed by atoms with Gasteiger partial charge in [-0.2, -0.15) is 0 Å². The minimum Gasteiger partial charge on any atom is -0.497 e. The maximum Gasteiger partial charge on any atom is 0.244 e. The van der Waals surface area contributed by atoms with Gasteiger partial charge in [-0.15, -0.1) is 0 Å². The zero-order valence-electron chi connectivity index (χ0n) is 22.4. The van der Waals surface area contributed by atoms with Gasteiger partial charge >= 0.3 is 0 Å². The lowest BCUT2D eigenvalue weighted by Gasteiger charge is -2.34. The molecule has 9 nitrogen and oxygen atoms in total. The largest absolute Gasteiger partial charge is 0.497 e. The van der Waals surface area contributed by atoms with Crippen LogP contribution in [0, 0.1) is 0 Å². The van der Waals surface area contributed by atoms with E-state index in [0.717, 1.165) is 10.6 Å². The van der Waals surface area contributed by atoms with Crippen molar-refractivity contribution in [3.8, 4) is 11.5 Å².